The monoisotopic (exact) mass is 606 g/mol. The Kier molecular flexibility index (Phi) is 10.5. The smallest absolute Gasteiger partial charge is 0.497 e. The van der Waals surface area contributed by atoms with Crippen LogP contribution in [0.1, 0.15) is 48.9 Å². The number of aromatic nitrogens is 1. The van der Waals surface area contributed by atoms with Crippen LogP contribution >= 0.6 is 11.3 Å². The molecule has 42 heavy (non-hydrogen) atoms. The van der Waals surface area contributed by atoms with Crippen LogP contribution in [0.5, 0.6) is 17.2 Å². The Morgan fingerprint density at radius 2 is 1.74 bits per heavy atom. The van der Waals surface area contributed by atoms with E-state index in [1.165, 1.54) is 56.2 Å². The van der Waals surface area contributed by atoms with Gasteiger partial charge in [0.05, 0.1) is 25.5 Å². The van der Waals surface area contributed by atoms with Gasteiger partial charge in [-0.15, -0.1) is 24.5 Å². The first-order chi connectivity index (χ1) is 20.2. The summed E-state index contributed by atoms with van der Waals surface area (Å²) >= 11 is 1.22. The minimum Gasteiger partial charge on any atom is -0.497 e. The van der Waals surface area contributed by atoms with Crippen LogP contribution in [-0.2, 0) is 6.54 Å². The first-order valence-corrected chi connectivity index (χ1v) is 14.4. The summed E-state index contributed by atoms with van der Waals surface area (Å²) in [7, 11) is 2.95. The minimum absolute atomic E-state index is 0.187. The van der Waals surface area contributed by atoms with E-state index in [-0.39, 0.29) is 23.4 Å². The molecule has 2 N–H and O–H groups in total. The number of ether oxygens (including phenoxy) is 3. The van der Waals surface area contributed by atoms with Crippen molar-refractivity contribution in [3.8, 4) is 28.5 Å². The third-order valence-corrected chi connectivity index (χ3v) is 7.67. The third-order valence-electron chi connectivity index (χ3n) is 6.80. The maximum Gasteiger partial charge on any atom is 0.573 e. The number of methoxy groups -OCH3 is 2. The summed E-state index contributed by atoms with van der Waals surface area (Å²) in [5.41, 5.74) is 1.51. The van der Waals surface area contributed by atoms with Crippen molar-refractivity contribution < 1.29 is 37.0 Å². The number of halogens is 3. The van der Waals surface area contributed by atoms with Crippen molar-refractivity contribution in [3.63, 3.8) is 0 Å². The lowest BCUT2D eigenvalue weighted by Crippen LogP contribution is -2.43. The topological polar surface area (TPSA) is 103 Å². The average molecular weight is 607 g/mol. The Labute approximate surface area is 245 Å². The Morgan fingerprint density at radius 1 is 1.02 bits per heavy atom. The van der Waals surface area contributed by atoms with Crippen molar-refractivity contribution in [1.82, 2.24) is 15.2 Å². The predicted molar refractivity (Wildman–Crippen MR) is 152 cm³/mol. The molecule has 2 aromatic carbocycles. The van der Waals surface area contributed by atoms with Gasteiger partial charge in [-0.25, -0.2) is 4.79 Å². The van der Waals surface area contributed by atoms with E-state index < -0.39 is 12.3 Å². The van der Waals surface area contributed by atoms with E-state index in [1.807, 2.05) is 0 Å². The number of rotatable bonds is 10. The van der Waals surface area contributed by atoms with Crippen molar-refractivity contribution >= 4 is 23.3 Å². The summed E-state index contributed by atoms with van der Waals surface area (Å²) in [5.74, 6) is -0.0434. The van der Waals surface area contributed by atoms with E-state index in [4.69, 9.17) is 9.47 Å². The fourth-order valence-corrected chi connectivity index (χ4v) is 5.67. The molecule has 0 aliphatic heterocycles. The molecule has 3 aromatic rings. The van der Waals surface area contributed by atoms with Gasteiger partial charge >= 0.3 is 12.4 Å². The minimum atomic E-state index is -4.80. The molecular formula is C29H33F3N4O5S. The molecule has 13 heteroatoms. The first-order valence-electron chi connectivity index (χ1n) is 13.6. The number of amides is 3. The maximum absolute atomic E-state index is 13.2. The molecule has 0 spiro atoms. The lowest BCUT2D eigenvalue weighted by atomic mass is 9.96. The maximum atomic E-state index is 13.2. The molecule has 4 rings (SSSR count). The number of urea groups is 1. The normalized spacial score (nSPS) is 14.4. The second kappa shape index (κ2) is 14.3. The van der Waals surface area contributed by atoms with Crippen LogP contribution in [0.4, 0.5) is 18.0 Å². The van der Waals surface area contributed by atoms with Crippen LogP contribution in [-0.4, -0.2) is 49.7 Å². The number of alkyl halides is 3. The van der Waals surface area contributed by atoms with E-state index >= 15 is 0 Å². The van der Waals surface area contributed by atoms with Crippen LogP contribution in [0.25, 0.3) is 11.3 Å². The number of benzene rings is 2. The molecule has 3 amide bonds. The molecule has 1 aromatic heterocycles. The van der Waals surface area contributed by atoms with Crippen molar-refractivity contribution in [3.05, 3.63) is 58.2 Å². The number of nitrogens with one attached hydrogen (secondary N) is 2. The van der Waals surface area contributed by atoms with Gasteiger partial charge in [-0.05, 0) is 61.2 Å². The fraction of sp³-hybridized carbons (Fsp3) is 0.414. The predicted octanol–water partition coefficient (Wildman–Crippen LogP) is 5.90. The van der Waals surface area contributed by atoms with E-state index in [2.05, 4.69) is 20.4 Å². The summed E-state index contributed by atoms with van der Waals surface area (Å²) in [6, 6.07) is 10.2. The van der Waals surface area contributed by atoms with Gasteiger partial charge in [-0.2, -0.15) is 4.99 Å². The second-order valence-electron chi connectivity index (χ2n) is 9.70. The van der Waals surface area contributed by atoms with Gasteiger partial charge in [-0.3, -0.25) is 4.79 Å². The van der Waals surface area contributed by atoms with Gasteiger partial charge in [0.2, 0.25) is 0 Å². The average Bonchev–Trinajstić information content (AvgIpc) is 3.36. The lowest BCUT2D eigenvalue weighted by molar-refractivity contribution is -0.274. The van der Waals surface area contributed by atoms with Crippen LogP contribution in [0.15, 0.2) is 52.8 Å². The second-order valence-corrected chi connectivity index (χ2v) is 10.5. The number of carbonyl (C=O) groups excluding carboxylic acids is 2. The SMILES string of the molecule is COc1ccc(C(=O)N=c2scc(-c3ccc(OC(F)(F)F)cc3)n2CCCNC(=O)NC2CCCCC2)c(OC)c1. The largest absolute Gasteiger partial charge is 0.573 e. The van der Waals surface area contributed by atoms with Gasteiger partial charge in [0.15, 0.2) is 4.80 Å². The Balaban J connectivity index is 1.55. The Hall–Kier alpha value is -4.00. The molecule has 0 bridgehead atoms. The van der Waals surface area contributed by atoms with Crippen molar-refractivity contribution in [2.75, 3.05) is 20.8 Å². The number of carbonyl (C=O) groups is 2. The van der Waals surface area contributed by atoms with Crippen LogP contribution in [0.2, 0.25) is 0 Å². The van der Waals surface area contributed by atoms with Crippen molar-refractivity contribution in [2.45, 2.75) is 57.5 Å². The third kappa shape index (κ3) is 8.51. The van der Waals surface area contributed by atoms with Crippen LogP contribution < -0.4 is 29.6 Å². The van der Waals surface area contributed by atoms with E-state index in [1.54, 1.807) is 28.1 Å². The van der Waals surface area contributed by atoms with Gasteiger partial charge in [0.1, 0.15) is 17.2 Å². The summed E-state index contributed by atoms with van der Waals surface area (Å²) in [6.45, 7) is 0.758. The van der Waals surface area contributed by atoms with Gasteiger partial charge in [0, 0.05) is 30.6 Å². The zero-order chi connectivity index (χ0) is 30.1. The molecule has 0 saturated heterocycles. The standard InChI is InChI=1S/C29H33F3N4O5S/c1-39-22-13-14-23(25(17-22)40-2)26(37)35-28-36(16-6-15-33-27(38)34-20-7-4-3-5-8-20)24(18-42-28)19-9-11-21(12-10-19)41-29(30,31)32/h9-14,17-18,20H,3-8,15-16H2,1-2H3,(H2,33,34,38). The summed E-state index contributed by atoms with van der Waals surface area (Å²) < 4.78 is 54.2. The van der Waals surface area contributed by atoms with Crippen molar-refractivity contribution in [2.24, 2.45) is 4.99 Å². The zero-order valence-electron chi connectivity index (χ0n) is 23.3. The molecule has 1 aliphatic rings. The van der Waals surface area contributed by atoms with Gasteiger partial charge in [-0.1, -0.05) is 19.3 Å². The number of thiazole rings is 1. The Bertz CT molecular complexity index is 1430. The molecule has 1 aliphatic carbocycles. The van der Waals surface area contributed by atoms with E-state index in [9.17, 15) is 22.8 Å². The first kappa shape index (κ1) is 30.9. The molecule has 9 nitrogen and oxygen atoms in total. The van der Waals surface area contributed by atoms with Crippen LogP contribution in [0.3, 0.4) is 0 Å². The fourth-order valence-electron chi connectivity index (χ4n) is 4.74. The molecular weight excluding hydrogens is 573 g/mol. The zero-order valence-corrected chi connectivity index (χ0v) is 24.1. The summed E-state index contributed by atoms with van der Waals surface area (Å²) in [6.07, 6.45) is 1.09. The molecule has 1 heterocycles. The van der Waals surface area contributed by atoms with E-state index in [0.717, 1.165) is 25.7 Å². The van der Waals surface area contributed by atoms with Gasteiger partial charge in [0.25, 0.3) is 5.91 Å². The highest BCUT2D eigenvalue weighted by molar-refractivity contribution is 7.07. The van der Waals surface area contributed by atoms with Crippen molar-refractivity contribution in [1.29, 1.82) is 0 Å². The number of hydrogen-bond acceptors (Lipinski definition) is 6. The van der Waals surface area contributed by atoms with Crippen LogP contribution in [0, 0.1) is 0 Å². The quantitative estimate of drug-likeness (QED) is 0.280. The lowest BCUT2D eigenvalue weighted by Gasteiger charge is -2.22. The molecule has 1 fully saturated rings. The molecule has 0 radical (unpaired) electrons. The summed E-state index contributed by atoms with van der Waals surface area (Å²) in [5, 5.41) is 7.68. The number of nitrogens with zero attached hydrogens (tertiary/aromatic N) is 2. The highest BCUT2D eigenvalue weighted by Crippen LogP contribution is 2.28. The molecule has 226 valence electrons. The summed E-state index contributed by atoms with van der Waals surface area (Å²) in [4.78, 5) is 30.3. The molecule has 1 saturated carbocycles. The Morgan fingerprint density at radius 3 is 2.40 bits per heavy atom. The molecule has 0 atom stereocenters. The number of hydrogen-bond donors (Lipinski definition) is 2. The van der Waals surface area contributed by atoms with E-state index in [0.29, 0.717) is 47.1 Å². The van der Waals surface area contributed by atoms with Gasteiger partial charge < -0.3 is 29.4 Å². The molecule has 0 unspecified atom stereocenters. The highest BCUT2D eigenvalue weighted by atomic mass is 32.1. The highest BCUT2D eigenvalue weighted by Gasteiger charge is 2.31.